The van der Waals surface area contributed by atoms with Gasteiger partial charge in [0, 0.05) is 12.6 Å². The Hall–Kier alpha value is -0.570. The minimum atomic E-state index is -0.0639. The summed E-state index contributed by atoms with van der Waals surface area (Å²) in [6.45, 7) is 7.21. The van der Waals surface area contributed by atoms with E-state index in [0.717, 1.165) is 37.1 Å². The molecule has 0 radical (unpaired) electrons. The molecule has 2 N–H and O–H groups in total. The lowest BCUT2D eigenvalue weighted by molar-refractivity contribution is -0.123. The molecular weight excluding hydrogens is 236 g/mol. The number of rotatable bonds is 7. The topological polar surface area (TPSA) is 41.1 Å². The van der Waals surface area contributed by atoms with Crippen LogP contribution in [0.2, 0.25) is 0 Å². The zero-order valence-electron chi connectivity index (χ0n) is 12.7. The van der Waals surface area contributed by atoms with Gasteiger partial charge in [-0.05, 0) is 57.3 Å². The van der Waals surface area contributed by atoms with Crippen LogP contribution in [0.25, 0.3) is 0 Å². The van der Waals surface area contributed by atoms with E-state index in [1.807, 2.05) is 6.92 Å². The van der Waals surface area contributed by atoms with Crippen LogP contribution in [0.15, 0.2) is 0 Å². The van der Waals surface area contributed by atoms with Crippen molar-refractivity contribution < 1.29 is 4.79 Å². The third-order valence-electron chi connectivity index (χ3n) is 5.17. The van der Waals surface area contributed by atoms with Crippen molar-refractivity contribution in [1.29, 1.82) is 0 Å². The SMILES string of the molecule is CCCCNC(=O)C(C)NC(C)C1C[C@@H]2CC[C@H]1C2. The highest BCUT2D eigenvalue weighted by Gasteiger charge is 2.42. The summed E-state index contributed by atoms with van der Waals surface area (Å²) in [6, 6.07) is 0.410. The Bertz CT molecular complexity index is 305. The van der Waals surface area contributed by atoms with Gasteiger partial charge in [-0.15, -0.1) is 0 Å². The van der Waals surface area contributed by atoms with E-state index in [2.05, 4.69) is 24.5 Å². The second-order valence-corrected chi connectivity index (χ2v) is 6.66. The van der Waals surface area contributed by atoms with Crippen molar-refractivity contribution in [3.8, 4) is 0 Å². The van der Waals surface area contributed by atoms with Gasteiger partial charge in [-0.3, -0.25) is 4.79 Å². The Labute approximate surface area is 117 Å². The number of carbonyl (C=O) groups is 1. The maximum absolute atomic E-state index is 12.0. The van der Waals surface area contributed by atoms with E-state index in [9.17, 15) is 4.79 Å². The number of nitrogens with one attached hydrogen (secondary N) is 2. The van der Waals surface area contributed by atoms with E-state index in [1.165, 1.54) is 25.7 Å². The van der Waals surface area contributed by atoms with Crippen molar-refractivity contribution in [1.82, 2.24) is 10.6 Å². The number of carbonyl (C=O) groups excluding carboxylic acids is 1. The average molecular weight is 266 g/mol. The molecule has 2 aliphatic carbocycles. The van der Waals surface area contributed by atoms with Crippen LogP contribution in [0, 0.1) is 17.8 Å². The van der Waals surface area contributed by atoms with Crippen LogP contribution in [-0.4, -0.2) is 24.5 Å². The van der Waals surface area contributed by atoms with Crippen molar-refractivity contribution in [2.24, 2.45) is 17.8 Å². The van der Waals surface area contributed by atoms with Gasteiger partial charge in [-0.25, -0.2) is 0 Å². The lowest BCUT2D eigenvalue weighted by Gasteiger charge is -2.30. The van der Waals surface area contributed by atoms with Crippen LogP contribution < -0.4 is 10.6 Å². The van der Waals surface area contributed by atoms with E-state index in [0.29, 0.717) is 6.04 Å². The van der Waals surface area contributed by atoms with Crippen LogP contribution in [0.3, 0.4) is 0 Å². The first-order chi connectivity index (χ1) is 9.11. The summed E-state index contributed by atoms with van der Waals surface area (Å²) in [5.74, 6) is 2.85. The molecule has 5 atom stereocenters. The van der Waals surface area contributed by atoms with Gasteiger partial charge in [-0.1, -0.05) is 19.8 Å². The zero-order valence-corrected chi connectivity index (χ0v) is 12.7. The summed E-state index contributed by atoms with van der Waals surface area (Å²) in [5.41, 5.74) is 0. The minimum absolute atomic E-state index is 0.0639. The molecule has 19 heavy (non-hydrogen) atoms. The quantitative estimate of drug-likeness (QED) is 0.696. The van der Waals surface area contributed by atoms with Crippen LogP contribution in [-0.2, 0) is 4.79 Å². The first-order valence-corrected chi connectivity index (χ1v) is 8.15. The molecule has 2 fully saturated rings. The molecule has 0 aromatic heterocycles. The standard InChI is InChI=1S/C16H30N2O/c1-4-5-8-17-16(19)12(3)18-11(2)15-10-13-6-7-14(15)9-13/h11-15,18H,4-10H2,1-3H3,(H,17,19)/t11?,12?,13-,14+,15?/m1/s1. The van der Waals surface area contributed by atoms with Crippen molar-refractivity contribution in [3.63, 3.8) is 0 Å². The molecule has 2 aliphatic rings. The van der Waals surface area contributed by atoms with Gasteiger partial charge < -0.3 is 10.6 Å². The van der Waals surface area contributed by atoms with Gasteiger partial charge in [0.2, 0.25) is 5.91 Å². The van der Waals surface area contributed by atoms with Crippen molar-refractivity contribution in [3.05, 3.63) is 0 Å². The van der Waals surface area contributed by atoms with Crippen LogP contribution in [0.5, 0.6) is 0 Å². The summed E-state index contributed by atoms with van der Waals surface area (Å²) < 4.78 is 0. The normalized spacial score (nSPS) is 32.3. The third kappa shape index (κ3) is 3.71. The summed E-state index contributed by atoms with van der Waals surface area (Å²) in [4.78, 5) is 12.0. The van der Waals surface area contributed by atoms with Gasteiger partial charge in [0.15, 0.2) is 0 Å². The smallest absolute Gasteiger partial charge is 0.236 e. The van der Waals surface area contributed by atoms with Crippen LogP contribution in [0.4, 0.5) is 0 Å². The molecule has 2 saturated carbocycles. The largest absolute Gasteiger partial charge is 0.355 e. The van der Waals surface area contributed by atoms with Crippen LogP contribution in [0.1, 0.15) is 59.3 Å². The number of amides is 1. The predicted octanol–water partition coefficient (Wildman–Crippen LogP) is 2.71. The molecule has 0 heterocycles. The summed E-state index contributed by atoms with van der Waals surface area (Å²) in [6.07, 6.45) is 7.88. The lowest BCUT2D eigenvalue weighted by atomic mass is 9.84. The minimum Gasteiger partial charge on any atom is -0.355 e. The van der Waals surface area contributed by atoms with Crippen LogP contribution >= 0.6 is 0 Å². The summed E-state index contributed by atoms with van der Waals surface area (Å²) >= 11 is 0. The van der Waals surface area contributed by atoms with E-state index in [-0.39, 0.29) is 11.9 Å². The van der Waals surface area contributed by atoms with Crippen molar-refractivity contribution in [2.45, 2.75) is 71.4 Å². The molecule has 0 aromatic rings. The molecule has 0 saturated heterocycles. The molecule has 2 rings (SSSR count). The maximum atomic E-state index is 12.0. The molecule has 3 unspecified atom stereocenters. The number of unbranched alkanes of at least 4 members (excludes halogenated alkanes) is 1. The first kappa shape index (κ1) is 14.8. The van der Waals surface area contributed by atoms with Crippen molar-refractivity contribution >= 4 is 5.91 Å². The molecule has 3 nitrogen and oxygen atoms in total. The van der Waals surface area contributed by atoms with E-state index >= 15 is 0 Å². The number of fused-ring (bicyclic) bond motifs is 2. The Kier molecular flexibility index (Phi) is 5.26. The van der Waals surface area contributed by atoms with Gasteiger partial charge in [-0.2, -0.15) is 0 Å². The number of hydrogen-bond acceptors (Lipinski definition) is 2. The molecule has 110 valence electrons. The van der Waals surface area contributed by atoms with Gasteiger partial charge in [0.25, 0.3) is 0 Å². The first-order valence-electron chi connectivity index (χ1n) is 8.15. The molecule has 3 heteroatoms. The number of hydrogen-bond donors (Lipinski definition) is 2. The van der Waals surface area contributed by atoms with E-state index in [4.69, 9.17) is 0 Å². The monoisotopic (exact) mass is 266 g/mol. The van der Waals surface area contributed by atoms with Gasteiger partial charge >= 0.3 is 0 Å². The molecule has 1 amide bonds. The lowest BCUT2D eigenvalue weighted by Crippen LogP contribution is -2.48. The van der Waals surface area contributed by atoms with Gasteiger partial charge in [0.1, 0.15) is 0 Å². The molecule has 0 spiro atoms. The molecular formula is C16H30N2O. The van der Waals surface area contributed by atoms with E-state index in [1.54, 1.807) is 0 Å². The fourth-order valence-electron chi connectivity index (χ4n) is 4.04. The summed E-state index contributed by atoms with van der Waals surface area (Å²) in [7, 11) is 0. The maximum Gasteiger partial charge on any atom is 0.236 e. The van der Waals surface area contributed by atoms with E-state index < -0.39 is 0 Å². The Balaban J connectivity index is 1.72. The Morgan fingerprint density at radius 2 is 2.05 bits per heavy atom. The molecule has 2 bridgehead atoms. The highest BCUT2D eigenvalue weighted by atomic mass is 16.2. The highest BCUT2D eigenvalue weighted by molar-refractivity contribution is 5.81. The Morgan fingerprint density at radius 3 is 2.63 bits per heavy atom. The average Bonchev–Trinajstić information content (AvgIpc) is 3.01. The Morgan fingerprint density at radius 1 is 1.26 bits per heavy atom. The fourth-order valence-corrected chi connectivity index (χ4v) is 4.04. The molecule has 0 aliphatic heterocycles. The van der Waals surface area contributed by atoms with Gasteiger partial charge in [0.05, 0.1) is 6.04 Å². The zero-order chi connectivity index (χ0) is 13.8. The third-order valence-corrected chi connectivity index (χ3v) is 5.17. The highest BCUT2D eigenvalue weighted by Crippen LogP contribution is 2.49. The predicted molar refractivity (Wildman–Crippen MR) is 78.9 cm³/mol. The summed E-state index contributed by atoms with van der Waals surface area (Å²) in [5, 5.41) is 6.53. The van der Waals surface area contributed by atoms with Crippen molar-refractivity contribution in [2.75, 3.05) is 6.54 Å². The molecule has 0 aromatic carbocycles. The fraction of sp³-hybridized carbons (Fsp3) is 0.938. The second kappa shape index (κ2) is 6.74. The second-order valence-electron chi connectivity index (χ2n) is 6.66.